The lowest BCUT2D eigenvalue weighted by molar-refractivity contribution is -0.128. The second-order valence-corrected chi connectivity index (χ2v) is 6.03. The van der Waals surface area contributed by atoms with Crippen LogP contribution >= 0.6 is 0 Å². The van der Waals surface area contributed by atoms with E-state index in [0.717, 1.165) is 0 Å². The van der Waals surface area contributed by atoms with E-state index in [9.17, 15) is 9.59 Å². The van der Waals surface area contributed by atoms with Crippen molar-refractivity contribution in [3.63, 3.8) is 0 Å². The van der Waals surface area contributed by atoms with Gasteiger partial charge in [0.25, 0.3) is 0 Å². The molecule has 0 aliphatic rings. The van der Waals surface area contributed by atoms with Gasteiger partial charge >= 0.3 is 0 Å². The highest BCUT2D eigenvalue weighted by molar-refractivity contribution is 5.86. The molecule has 0 aromatic rings. The highest BCUT2D eigenvalue weighted by Gasteiger charge is 2.17. The topological polar surface area (TPSA) is 67.4 Å². The van der Waals surface area contributed by atoms with Crippen LogP contribution in [0.15, 0.2) is 12.2 Å². The van der Waals surface area contributed by atoms with Crippen LogP contribution in [0.1, 0.15) is 41.0 Å². The van der Waals surface area contributed by atoms with Crippen molar-refractivity contribution in [2.45, 2.75) is 47.1 Å². The van der Waals surface area contributed by atoms with Gasteiger partial charge in [0, 0.05) is 20.1 Å². The molecule has 5 nitrogen and oxygen atoms in total. The van der Waals surface area contributed by atoms with Gasteiger partial charge in [0.05, 0.1) is 6.61 Å². The molecule has 0 radical (unpaired) electrons. The normalized spacial score (nSPS) is 12.9. The van der Waals surface area contributed by atoms with Crippen molar-refractivity contribution >= 4 is 11.8 Å². The Labute approximate surface area is 128 Å². The van der Waals surface area contributed by atoms with Crippen LogP contribution in [0, 0.1) is 11.8 Å². The molecule has 0 aliphatic carbocycles. The van der Waals surface area contributed by atoms with Gasteiger partial charge in [0.2, 0.25) is 11.8 Å². The van der Waals surface area contributed by atoms with Gasteiger partial charge in [-0.2, -0.15) is 0 Å². The van der Waals surface area contributed by atoms with E-state index in [1.807, 2.05) is 26.0 Å². The van der Waals surface area contributed by atoms with Crippen molar-refractivity contribution < 1.29 is 14.3 Å². The van der Waals surface area contributed by atoms with Gasteiger partial charge in [0.15, 0.2) is 0 Å². The summed E-state index contributed by atoms with van der Waals surface area (Å²) in [5.41, 5.74) is 0. The maximum absolute atomic E-state index is 12.0. The van der Waals surface area contributed by atoms with Gasteiger partial charge < -0.3 is 15.4 Å². The predicted octanol–water partition coefficient (Wildman–Crippen LogP) is 1.88. The van der Waals surface area contributed by atoms with Crippen LogP contribution in [0.3, 0.4) is 0 Å². The lowest BCUT2D eigenvalue weighted by Gasteiger charge is -2.17. The number of nitrogens with one attached hydrogen (secondary N) is 2. The third-order valence-electron chi connectivity index (χ3n) is 2.58. The minimum Gasteiger partial charge on any atom is -0.377 e. The molecule has 0 spiro atoms. The van der Waals surface area contributed by atoms with E-state index >= 15 is 0 Å². The Morgan fingerprint density at radius 2 is 1.76 bits per heavy atom. The molecule has 0 heterocycles. The highest BCUT2D eigenvalue weighted by atomic mass is 16.5. The van der Waals surface area contributed by atoms with Gasteiger partial charge in [-0.1, -0.05) is 39.8 Å². The van der Waals surface area contributed by atoms with Gasteiger partial charge in [0.1, 0.15) is 6.04 Å². The molecular formula is C16H30N2O3. The molecule has 0 fully saturated rings. The lowest BCUT2D eigenvalue weighted by Crippen LogP contribution is -2.46. The van der Waals surface area contributed by atoms with Crippen molar-refractivity contribution in [3.8, 4) is 0 Å². The summed E-state index contributed by atoms with van der Waals surface area (Å²) >= 11 is 0. The Morgan fingerprint density at radius 3 is 2.29 bits per heavy atom. The van der Waals surface area contributed by atoms with Gasteiger partial charge in [-0.05, 0) is 18.3 Å². The van der Waals surface area contributed by atoms with Crippen LogP contribution in [0.4, 0.5) is 0 Å². The molecule has 122 valence electrons. The summed E-state index contributed by atoms with van der Waals surface area (Å²) < 4.78 is 5.42. The van der Waals surface area contributed by atoms with E-state index in [1.54, 1.807) is 0 Å². The molecule has 21 heavy (non-hydrogen) atoms. The number of carbonyl (C=O) groups excluding carboxylic acids is 2. The van der Waals surface area contributed by atoms with Crippen LogP contribution in [-0.4, -0.2) is 37.6 Å². The first-order valence-corrected chi connectivity index (χ1v) is 7.60. The van der Waals surface area contributed by atoms with E-state index in [4.69, 9.17) is 4.74 Å². The molecule has 0 aromatic carbocycles. The van der Waals surface area contributed by atoms with Crippen LogP contribution < -0.4 is 10.6 Å². The summed E-state index contributed by atoms with van der Waals surface area (Å²) in [5, 5.41) is 5.51. The van der Waals surface area contributed by atoms with E-state index in [1.165, 1.54) is 6.92 Å². The number of carbonyl (C=O) groups is 2. The minimum atomic E-state index is -0.525. The molecule has 0 aromatic heterocycles. The molecule has 2 amide bonds. The third kappa shape index (κ3) is 12.1. The number of hydrogen-bond donors (Lipinski definition) is 2. The fourth-order valence-electron chi connectivity index (χ4n) is 1.58. The summed E-state index contributed by atoms with van der Waals surface area (Å²) in [6, 6.07) is -0.525. The van der Waals surface area contributed by atoms with Crippen molar-refractivity contribution in [2.75, 3.05) is 19.8 Å². The second-order valence-electron chi connectivity index (χ2n) is 6.03. The molecule has 2 N–H and O–H groups in total. The summed E-state index contributed by atoms with van der Waals surface area (Å²) in [6.45, 7) is 11.5. The first kappa shape index (κ1) is 19.6. The molecule has 0 saturated carbocycles. The average molecular weight is 298 g/mol. The molecule has 0 rings (SSSR count). The van der Waals surface area contributed by atoms with E-state index in [-0.39, 0.29) is 11.8 Å². The Kier molecular flexibility index (Phi) is 10.6. The standard InChI is InChI=1S/C16H30N2O3/c1-12(2)10-17-16(20)15(18-14(5)19)8-6-7-9-21-11-13(3)4/h6-7,12-13,15H,8-11H2,1-5H3,(H,17,20)(H,18,19)/t15-/m0/s1. The number of hydrogen-bond acceptors (Lipinski definition) is 3. The monoisotopic (exact) mass is 298 g/mol. The van der Waals surface area contributed by atoms with Crippen LogP contribution in [-0.2, 0) is 14.3 Å². The second kappa shape index (κ2) is 11.3. The largest absolute Gasteiger partial charge is 0.377 e. The fraction of sp³-hybridized carbons (Fsp3) is 0.750. The third-order valence-corrected chi connectivity index (χ3v) is 2.58. The first-order chi connectivity index (χ1) is 9.82. The van der Waals surface area contributed by atoms with E-state index < -0.39 is 6.04 Å². The maximum Gasteiger partial charge on any atom is 0.242 e. The van der Waals surface area contributed by atoms with E-state index in [2.05, 4.69) is 24.5 Å². The summed E-state index contributed by atoms with van der Waals surface area (Å²) in [4.78, 5) is 23.2. The smallest absolute Gasteiger partial charge is 0.242 e. The Hall–Kier alpha value is -1.36. The van der Waals surface area contributed by atoms with Crippen molar-refractivity contribution in [1.82, 2.24) is 10.6 Å². The molecular weight excluding hydrogens is 268 g/mol. The Morgan fingerprint density at radius 1 is 1.10 bits per heavy atom. The summed E-state index contributed by atoms with van der Waals surface area (Å²) in [6.07, 6.45) is 4.22. The summed E-state index contributed by atoms with van der Waals surface area (Å²) in [5.74, 6) is 0.537. The number of ether oxygens (including phenoxy) is 1. The lowest BCUT2D eigenvalue weighted by atomic mass is 10.1. The predicted molar refractivity (Wildman–Crippen MR) is 84.9 cm³/mol. The van der Waals surface area contributed by atoms with Crippen molar-refractivity contribution in [1.29, 1.82) is 0 Å². The van der Waals surface area contributed by atoms with Crippen LogP contribution in [0.5, 0.6) is 0 Å². The van der Waals surface area contributed by atoms with Crippen molar-refractivity contribution in [2.24, 2.45) is 11.8 Å². The molecule has 0 aliphatic heterocycles. The SMILES string of the molecule is CC(=O)N[C@@H](CC=CCOCC(C)C)C(=O)NCC(C)C. The zero-order valence-corrected chi connectivity index (χ0v) is 13.9. The fourth-order valence-corrected chi connectivity index (χ4v) is 1.58. The molecule has 5 heteroatoms. The average Bonchev–Trinajstić information content (AvgIpc) is 2.37. The molecule has 1 atom stereocenters. The quantitative estimate of drug-likeness (QED) is 0.478. The minimum absolute atomic E-state index is 0.147. The maximum atomic E-state index is 12.0. The van der Waals surface area contributed by atoms with Gasteiger partial charge in [-0.25, -0.2) is 0 Å². The zero-order valence-electron chi connectivity index (χ0n) is 13.9. The molecule has 0 unspecified atom stereocenters. The van der Waals surface area contributed by atoms with E-state index in [0.29, 0.717) is 38.0 Å². The molecule has 0 saturated heterocycles. The Balaban J connectivity index is 4.20. The van der Waals surface area contributed by atoms with Gasteiger partial charge in [-0.15, -0.1) is 0 Å². The highest BCUT2D eigenvalue weighted by Crippen LogP contribution is 1.98. The van der Waals surface area contributed by atoms with Gasteiger partial charge in [-0.3, -0.25) is 9.59 Å². The number of rotatable bonds is 10. The first-order valence-electron chi connectivity index (χ1n) is 7.60. The zero-order chi connectivity index (χ0) is 16.3. The van der Waals surface area contributed by atoms with Crippen LogP contribution in [0.2, 0.25) is 0 Å². The molecule has 0 bridgehead atoms. The Bertz CT molecular complexity index is 338. The summed E-state index contributed by atoms with van der Waals surface area (Å²) in [7, 11) is 0. The van der Waals surface area contributed by atoms with Crippen molar-refractivity contribution in [3.05, 3.63) is 12.2 Å². The number of amides is 2. The van der Waals surface area contributed by atoms with Crippen LogP contribution in [0.25, 0.3) is 0 Å².